The molecular formula is C14H14ClN3O. The van der Waals surface area contributed by atoms with E-state index < -0.39 is 0 Å². The van der Waals surface area contributed by atoms with Crippen LogP contribution in [0.1, 0.15) is 15.9 Å². The molecule has 0 radical (unpaired) electrons. The number of hydrogen-bond acceptors (Lipinski definition) is 3. The van der Waals surface area contributed by atoms with Gasteiger partial charge in [0.1, 0.15) is 0 Å². The third-order valence-corrected chi connectivity index (χ3v) is 2.99. The zero-order valence-electron chi connectivity index (χ0n) is 10.5. The number of carbonyl (C=O) groups is 1. The van der Waals surface area contributed by atoms with Crippen LogP contribution < -0.4 is 10.6 Å². The first kappa shape index (κ1) is 13.4. The monoisotopic (exact) mass is 275 g/mol. The maximum atomic E-state index is 11.6. The van der Waals surface area contributed by atoms with Gasteiger partial charge in [0, 0.05) is 31.7 Å². The van der Waals surface area contributed by atoms with E-state index >= 15 is 0 Å². The number of amides is 1. The SMILES string of the molecule is CNC(=O)c1cc(NCc2cccnc2)ccc1Cl. The van der Waals surface area contributed by atoms with Gasteiger partial charge in [0.05, 0.1) is 10.6 Å². The van der Waals surface area contributed by atoms with Crippen molar-refractivity contribution >= 4 is 23.2 Å². The first-order valence-electron chi connectivity index (χ1n) is 5.85. The van der Waals surface area contributed by atoms with E-state index in [1.165, 1.54) is 0 Å². The van der Waals surface area contributed by atoms with E-state index in [-0.39, 0.29) is 5.91 Å². The van der Waals surface area contributed by atoms with Crippen molar-refractivity contribution in [3.05, 3.63) is 58.9 Å². The van der Waals surface area contributed by atoms with Crippen molar-refractivity contribution in [1.29, 1.82) is 0 Å². The van der Waals surface area contributed by atoms with Crippen LogP contribution in [0.2, 0.25) is 5.02 Å². The number of hydrogen-bond donors (Lipinski definition) is 2. The maximum Gasteiger partial charge on any atom is 0.252 e. The van der Waals surface area contributed by atoms with Crippen LogP contribution in [0.3, 0.4) is 0 Å². The van der Waals surface area contributed by atoms with Gasteiger partial charge >= 0.3 is 0 Å². The number of nitrogens with zero attached hydrogens (tertiary/aromatic N) is 1. The highest BCUT2D eigenvalue weighted by Gasteiger charge is 2.09. The van der Waals surface area contributed by atoms with Gasteiger partial charge in [-0.25, -0.2) is 0 Å². The molecule has 19 heavy (non-hydrogen) atoms. The molecule has 0 spiro atoms. The molecule has 1 amide bonds. The second-order valence-electron chi connectivity index (χ2n) is 3.99. The summed E-state index contributed by atoms with van der Waals surface area (Å²) in [7, 11) is 1.58. The van der Waals surface area contributed by atoms with Crippen LogP contribution in [0.15, 0.2) is 42.7 Å². The van der Waals surface area contributed by atoms with E-state index in [2.05, 4.69) is 15.6 Å². The molecule has 1 aromatic carbocycles. The molecule has 98 valence electrons. The summed E-state index contributed by atoms with van der Waals surface area (Å²) in [5.74, 6) is -0.199. The number of aromatic nitrogens is 1. The van der Waals surface area contributed by atoms with Gasteiger partial charge in [-0.15, -0.1) is 0 Å². The highest BCUT2D eigenvalue weighted by Crippen LogP contribution is 2.20. The topological polar surface area (TPSA) is 54.0 Å². The second kappa shape index (κ2) is 6.20. The molecule has 0 atom stereocenters. The lowest BCUT2D eigenvalue weighted by Crippen LogP contribution is -2.18. The zero-order chi connectivity index (χ0) is 13.7. The number of benzene rings is 1. The molecule has 0 aliphatic rings. The average Bonchev–Trinajstić information content (AvgIpc) is 2.46. The maximum absolute atomic E-state index is 11.6. The summed E-state index contributed by atoms with van der Waals surface area (Å²) in [5.41, 5.74) is 2.37. The fourth-order valence-electron chi connectivity index (χ4n) is 1.65. The molecule has 5 heteroatoms. The summed E-state index contributed by atoms with van der Waals surface area (Å²) < 4.78 is 0. The van der Waals surface area contributed by atoms with Crippen molar-refractivity contribution in [3.63, 3.8) is 0 Å². The Morgan fingerprint density at radius 2 is 2.21 bits per heavy atom. The van der Waals surface area contributed by atoms with Crippen LogP contribution in [-0.4, -0.2) is 17.9 Å². The van der Waals surface area contributed by atoms with Gasteiger partial charge in [0.25, 0.3) is 5.91 Å². The summed E-state index contributed by atoms with van der Waals surface area (Å²) in [5, 5.41) is 6.23. The van der Waals surface area contributed by atoms with Crippen LogP contribution in [-0.2, 0) is 6.54 Å². The van der Waals surface area contributed by atoms with Crippen molar-refractivity contribution in [2.24, 2.45) is 0 Å². The predicted octanol–water partition coefficient (Wildman–Crippen LogP) is 2.71. The molecule has 1 heterocycles. The van der Waals surface area contributed by atoms with Gasteiger partial charge < -0.3 is 10.6 Å². The fourth-order valence-corrected chi connectivity index (χ4v) is 1.85. The molecule has 0 aliphatic heterocycles. The molecule has 1 aromatic heterocycles. The Morgan fingerprint density at radius 3 is 2.89 bits per heavy atom. The third-order valence-electron chi connectivity index (χ3n) is 2.66. The van der Waals surface area contributed by atoms with E-state index in [9.17, 15) is 4.79 Å². The van der Waals surface area contributed by atoms with Gasteiger partial charge in [-0.1, -0.05) is 17.7 Å². The minimum atomic E-state index is -0.199. The molecule has 2 aromatic rings. The van der Waals surface area contributed by atoms with Crippen LogP contribution in [0, 0.1) is 0 Å². The molecule has 0 bridgehead atoms. The molecule has 2 rings (SSSR count). The molecular weight excluding hydrogens is 262 g/mol. The highest BCUT2D eigenvalue weighted by atomic mass is 35.5. The molecule has 0 saturated carbocycles. The fraction of sp³-hybridized carbons (Fsp3) is 0.143. The summed E-state index contributed by atoms with van der Waals surface area (Å²) in [4.78, 5) is 15.7. The highest BCUT2D eigenvalue weighted by molar-refractivity contribution is 6.34. The molecule has 4 nitrogen and oxygen atoms in total. The molecule has 2 N–H and O–H groups in total. The van der Waals surface area contributed by atoms with Crippen LogP contribution in [0.5, 0.6) is 0 Å². The molecule has 0 saturated heterocycles. The summed E-state index contributed by atoms with van der Waals surface area (Å²) in [6.45, 7) is 0.642. The van der Waals surface area contributed by atoms with Gasteiger partial charge in [-0.3, -0.25) is 9.78 Å². The first-order chi connectivity index (χ1) is 9.20. The van der Waals surface area contributed by atoms with Crippen molar-refractivity contribution in [3.8, 4) is 0 Å². The van der Waals surface area contributed by atoms with Crippen LogP contribution in [0.25, 0.3) is 0 Å². The smallest absolute Gasteiger partial charge is 0.252 e. The third kappa shape index (κ3) is 3.45. The second-order valence-corrected chi connectivity index (χ2v) is 4.40. The van der Waals surface area contributed by atoms with E-state index in [1.807, 2.05) is 18.2 Å². The minimum Gasteiger partial charge on any atom is -0.381 e. The van der Waals surface area contributed by atoms with E-state index in [0.29, 0.717) is 17.1 Å². The molecule has 0 aliphatic carbocycles. The van der Waals surface area contributed by atoms with Crippen molar-refractivity contribution in [2.45, 2.75) is 6.54 Å². The summed E-state index contributed by atoms with van der Waals surface area (Å²) >= 11 is 5.99. The Balaban J connectivity index is 2.11. The van der Waals surface area contributed by atoms with Crippen LogP contribution >= 0.6 is 11.6 Å². The minimum absolute atomic E-state index is 0.199. The quantitative estimate of drug-likeness (QED) is 0.902. The van der Waals surface area contributed by atoms with Gasteiger partial charge in [-0.2, -0.15) is 0 Å². The number of anilines is 1. The number of carbonyl (C=O) groups excluding carboxylic acids is 1. The van der Waals surface area contributed by atoms with Crippen molar-refractivity contribution in [1.82, 2.24) is 10.3 Å². The summed E-state index contributed by atoms with van der Waals surface area (Å²) in [6, 6.07) is 9.14. The van der Waals surface area contributed by atoms with E-state index in [0.717, 1.165) is 11.3 Å². The predicted molar refractivity (Wildman–Crippen MR) is 76.4 cm³/mol. The van der Waals surface area contributed by atoms with E-state index in [1.54, 1.807) is 31.6 Å². The summed E-state index contributed by atoms with van der Waals surface area (Å²) in [6.07, 6.45) is 3.53. The Kier molecular flexibility index (Phi) is 4.36. The van der Waals surface area contributed by atoms with Gasteiger partial charge in [0.2, 0.25) is 0 Å². The Labute approximate surface area is 116 Å². The van der Waals surface area contributed by atoms with Crippen molar-refractivity contribution in [2.75, 3.05) is 12.4 Å². The number of nitrogens with one attached hydrogen (secondary N) is 2. The standard InChI is InChI=1S/C14H14ClN3O/c1-16-14(19)12-7-11(4-5-13(12)15)18-9-10-3-2-6-17-8-10/h2-8,18H,9H2,1H3,(H,16,19). The largest absolute Gasteiger partial charge is 0.381 e. The Morgan fingerprint density at radius 1 is 1.37 bits per heavy atom. The number of rotatable bonds is 4. The Hall–Kier alpha value is -2.07. The lowest BCUT2D eigenvalue weighted by atomic mass is 10.2. The lowest BCUT2D eigenvalue weighted by Gasteiger charge is -2.09. The van der Waals surface area contributed by atoms with Crippen molar-refractivity contribution < 1.29 is 4.79 Å². The normalized spacial score (nSPS) is 10.0. The number of pyridine rings is 1. The number of halogens is 1. The van der Waals surface area contributed by atoms with Crippen LogP contribution in [0.4, 0.5) is 5.69 Å². The van der Waals surface area contributed by atoms with Gasteiger partial charge in [-0.05, 0) is 29.8 Å². The molecule has 0 unspecified atom stereocenters. The Bertz CT molecular complexity index is 572. The zero-order valence-corrected chi connectivity index (χ0v) is 11.2. The van der Waals surface area contributed by atoms with E-state index in [4.69, 9.17) is 11.6 Å². The first-order valence-corrected chi connectivity index (χ1v) is 6.23. The van der Waals surface area contributed by atoms with Gasteiger partial charge in [0.15, 0.2) is 0 Å². The molecule has 0 fully saturated rings. The average molecular weight is 276 g/mol. The lowest BCUT2D eigenvalue weighted by molar-refractivity contribution is 0.0963.